The quantitative estimate of drug-likeness (QED) is 0.451. The standard InChI is InChI=1S/C19H30ClN3O3/c1-3-15(26-17-7-5-4-6-16(17)20)12-22-18(21-2)23-13-19(8-10-24)9-11-25-14-19/h4-7,15,24H,3,8-14H2,1-2H3,(H2,21,22,23). The summed E-state index contributed by atoms with van der Waals surface area (Å²) in [6.45, 7) is 4.99. The van der Waals surface area contributed by atoms with Crippen LogP contribution in [-0.2, 0) is 4.74 Å². The minimum Gasteiger partial charge on any atom is -0.487 e. The molecule has 0 saturated carbocycles. The van der Waals surface area contributed by atoms with E-state index >= 15 is 0 Å². The molecular weight excluding hydrogens is 354 g/mol. The molecule has 1 fully saturated rings. The molecule has 0 spiro atoms. The number of nitrogens with one attached hydrogen (secondary N) is 2. The van der Waals surface area contributed by atoms with Crippen LogP contribution in [0.4, 0.5) is 0 Å². The number of hydrogen-bond acceptors (Lipinski definition) is 4. The van der Waals surface area contributed by atoms with E-state index in [2.05, 4.69) is 22.5 Å². The summed E-state index contributed by atoms with van der Waals surface area (Å²) >= 11 is 6.17. The molecule has 146 valence electrons. The molecule has 0 bridgehead atoms. The number of ether oxygens (including phenoxy) is 2. The average Bonchev–Trinajstić information content (AvgIpc) is 3.11. The lowest BCUT2D eigenvalue weighted by molar-refractivity contribution is 0.127. The van der Waals surface area contributed by atoms with E-state index in [9.17, 15) is 5.11 Å². The number of para-hydroxylation sites is 1. The Kier molecular flexibility index (Phi) is 8.48. The van der Waals surface area contributed by atoms with Crippen LogP contribution in [0.25, 0.3) is 0 Å². The van der Waals surface area contributed by atoms with Gasteiger partial charge in [0.1, 0.15) is 11.9 Å². The molecule has 7 heteroatoms. The predicted molar refractivity (Wildman–Crippen MR) is 105 cm³/mol. The molecule has 26 heavy (non-hydrogen) atoms. The third kappa shape index (κ3) is 6.04. The molecule has 3 N–H and O–H groups in total. The third-order valence-corrected chi connectivity index (χ3v) is 5.08. The molecule has 1 saturated heterocycles. The molecule has 1 aromatic carbocycles. The maximum absolute atomic E-state index is 9.33. The van der Waals surface area contributed by atoms with Gasteiger partial charge in [0, 0.05) is 32.2 Å². The summed E-state index contributed by atoms with van der Waals surface area (Å²) in [5.41, 5.74) is -0.0232. The van der Waals surface area contributed by atoms with Crippen molar-refractivity contribution in [1.82, 2.24) is 10.6 Å². The van der Waals surface area contributed by atoms with Gasteiger partial charge in [-0.05, 0) is 31.4 Å². The summed E-state index contributed by atoms with van der Waals surface area (Å²) in [5.74, 6) is 1.41. The van der Waals surface area contributed by atoms with E-state index < -0.39 is 0 Å². The number of aliphatic imine (C=N–C) groups is 1. The van der Waals surface area contributed by atoms with Crippen molar-refractivity contribution < 1.29 is 14.6 Å². The van der Waals surface area contributed by atoms with Crippen LogP contribution in [0.1, 0.15) is 26.2 Å². The molecule has 0 radical (unpaired) electrons. The summed E-state index contributed by atoms with van der Waals surface area (Å²) in [6.07, 6.45) is 2.50. The molecule has 2 unspecified atom stereocenters. The predicted octanol–water partition coefficient (Wildman–Crippen LogP) is 2.45. The molecule has 2 rings (SSSR count). The Labute approximate surface area is 160 Å². The summed E-state index contributed by atoms with van der Waals surface area (Å²) in [5, 5.41) is 16.6. The van der Waals surface area contributed by atoms with E-state index in [1.54, 1.807) is 7.05 Å². The first-order valence-electron chi connectivity index (χ1n) is 9.17. The lowest BCUT2D eigenvalue weighted by atomic mass is 9.84. The molecule has 1 aliphatic rings. The Morgan fingerprint density at radius 2 is 2.23 bits per heavy atom. The highest BCUT2D eigenvalue weighted by molar-refractivity contribution is 6.32. The molecule has 1 aromatic rings. The Balaban J connectivity index is 1.84. The SMILES string of the molecule is CCC(CNC(=NC)NCC1(CCO)CCOC1)Oc1ccccc1Cl. The van der Waals surface area contributed by atoms with Crippen molar-refractivity contribution in [3.63, 3.8) is 0 Å². The normalized spacial score (nSPS) is 21.5. The van der Waals surface area contributed by atoms with Gasteiger partial charge >= 0.3 is 0 Å². The molecule has 1 heterocycles. The van der Waals surface area contributed by atoms with Gasteiger partial charge in [-0.15, -0.1) is 0 Å². The fraction of sp³-hybridized carbons (Fsp3) is 0.632. The van der Waals surface area contributed by atoms with Gasteiger partial charge in [0.25, 0.3) is 0 Å². The number of nitrogens with zero attached hydrogens (tertiary/aromatic N) is 1. The second-order valence-electron chi connectivity index (χ2n) is 6.66. The fourth-order valence-electron chi connectivity index (χ4n) is 3.00. The van der Waals surface area contributed by atoms with Gasteiger partial charge < -0.3 is 25.2 Å². The van der Waals surface area contributed by atoms with E-state index in [4.69, 9.17) is 21.1 Å². The van der Waals surface area contributed by atoms with Crippen molar-refractivity contribution in [2.45, 2.75) is 32.3 Å². The van der Waals surface area contributed by atoms with E-state index in [1.165, 1.54) is 0 Å². The zero-order valence-corrected chi connectivity index (χ0v) is 16.4. The van der Waals surface area contributed by atoms with Crippen molar-refractivity contribution in [3.8, 4) is 5.75 Å². The summed E-state index contributed by atoms with van der Waals surface area (Å²) in [7, 11) is 1.75. The number of halogens is 1. The number of aliphatic hydroxyl groups excluding tert-OH is 1. The highest BCUT2D eigenvalue weighted by Crippen LogP contribution is 2.31. The molecule has 6 nitrogen and oxygen atoms in total. The minimum atomic E-state index is -0.0232. The maximum Gasteiger partial charge on any atom is 0.191 e. The van der Waals surface area contributed by atoms with E-state index in [-0.39, 0.29) is 18.1 Å². The van der Waals surface area contributed by atoms with Gasteiger partial charge in [-0.2, -0.15) is 0 Å². The Morgan fingerprint density at radius 3 is 2.85 bits per heavy atom. The number of guanidine groups is 1. The van der Waals surface area contributed by atoms with Gasteiger partial charge in [-0.3, -0.25) is 4.99 Å². The number of aliphatic hydroxyl groups is 1. The first kappa shape index (κ1) is 20.8. The number of rotatable bonds is 9. The highest BCUT2D eigenvalue weighted by atomic mass is 35.5. The third-order valence-electron chi connectivity index (χ3n) is 4.76. The van der Waals surface area contributed by atoms with Crippen LogP contribution in [0, 0.1) is 5.41 Å². The minimum absolute atomic E-state index is 0.0188. The van der Waals surface area contributed by atoms with Crippen molar-refractivity contribution in [3.05, 3.63) is 29.3 Å². The molecule has 1 aliphatic heterocycles. The van der Waals surface area contributed by atoms with Crippen LogP contribution >= 0.6 is 11.6 Å². The van der Waals surface area contributed by atoms with Gasteiger partial charge in [0.05, 0.1) is 18.2 Å². The van der Waals surface area contributed by atoms with Crippen LogP contribution in [0.15, 0.2) is 29.3 Å². The van der Waals surface area contributed by atoms with Gasteiger partial charge in [0.2, 0.25) is 0 Å². The monoisotopic (exact) mass is 383 g/mol. The summed E-state index contributed by atoms with van der Waals surface area (Å²) in [6, 6.07) is 7.49. The topological polar surface area (TPSA) is 75.1 Å². The van der Waals surface area contributed by atoms with E-state index in [0.717, 1.165) is 38.4 Å². The van der Waals surface area contributed by atoms with Crippen LogP contribution in [0.5, 0.6) is 5.75 Å². The van der Waals surface area contributed by atoms with Crippen molar-refractivity contribution >= 4 is 17.6 Å². The van der Waals surface area contributed by atoms with Crippen LogP contribution < -0.4 is 15.4 Å². The lowest BCUT2D eigenvalue weighted by Crippen LogP contribution is -2.46. The van der Waals surface area contributed by atoms with Crippen LogP contribution in [0.2, 0.25) is 5.02 Å². The van der Waals surface area contributed by atoms with Crippen LogP contribution in [0.3, 0.4) is 0 Å². The van der Waals surface area contributed by atoms with Crippen molar-refractivity contribution in [2.24, 2.45) is 10.4 Å². The second-order valence-corrected chi connectivity index (χ2v) is 7.07. The molecule has 2 atom stereocenters. The fourth-order valence-corrected chi connectivity index (χ4v) is 3.18. The lowest BCUT2D eigenvalue weighted by Gasteiger charge is -2.28. The summed E-state index contributed by atoms with van der Waals surface area (Å²) in [4.78, 5) is 4.28. The van der Waals surface area contributed by atoms with Crippen molar-refractivity contribution in [1.29, 1.82) is 0 Å². The van der Waals surface area contributed by atoms with Gasteiger partial charge in [-0.1, -0.05) is 30.7 Å². The first-order valence-corrected chi connectivity index (χ1v) is 9.54. The molecule has 0 aliphatic carbocycles. The Morgan fingerprint density at radius 1 is 1.42 bits per heavy atom. The first-order chi connectivity index (χ1) is 12.6. The molecular formula is C19H30ClN3O3. The van der Waals surface area contributed by atoms with Crippen molar-refractivity contribution in [2.75, 3.05) is 40.0 Å². The van der Waals surface area contributed by atoms with E-state index in [0.29, 0.717) is 23.9 Å². The number of hydrogen-bond donors (Lipinski definition) is 3. The second kappa shape index (κ2) is 10.6. The Bertz CT molecular complexity index is 577. The van der Waals surface area contributed by atoms with Gasteiger partial charge in [-0.25, -0.2) is 0 Å². The zero-order chi connectivity index (χ0) is 18.8. The van der Waals surface area contributed by atoms with Gasteiger partial charge in [0.15, 0.2) is 5.96 Å². The maximum atomic E-state index is 9.33. The Hall–Kier alpha value is -1.50. The number of benzene rings is 1. The van der Waals surface area contributed by atoms with E-state index in [1.807, 2.05) is 24.3 Å². The average molecular weight is 384 g/mol. The summed E-state index contributed by atoms with van der Waals surface area (Å²) < 4.78 is 11.5. The smallest absolute Gasteiger partial charge is 0.191 e. The molecule has 0 amide bonds. The van der Waals surface area contributed by atoms with Crippen LogP contribution in [-0.4, -0.2) is 57.1 Å². The molecule has 0 aromatic heterocycles. The largest absolute Gasteiger partial charge is 0.487 e. The zero-order valence-electron chi connectivity index (χ0n) is 15.6. The highest BCUT2D eigenvalue weighted by Gasteiger charge is 2.34.